The first-order valence-electron chi connectivity index (χ1n) is 6.16. The average Bonchev–Trinajstić information content (AvgIpc) is 2.36. The summed E-state index contributed by atoms with van der Waals surface area (Å²) in [4.78, 5) is 27.9. The number of fused-ring (bicyclic) bond motifs is 1. The zero-order valence-corrected chi connectivity index (χ0v) is 10.5. The molecule has 7 nitrogen and oxygen atoms in total. The molecule has 1 aromatic carbocycles. The minimum atomic E-state index is -0.481. The highest BCUT2D eigenvalue weighted by atomic mass is 16.6. The van der Waals surface area contributed by atoms with Gasteiger partial charge in [0.25, 0.3) is 5.69 Å². The molecule has 0 atom stereocenters. The van der Waals surface area contributed by atoms with Gasteiger partial charge in [-0.2, -0.15) is 0 Å². The second-order valence-electron chi connectivity index (χ2n) is 4.45. The summed E-state index contributed by atoms with van der Waals surface area (Å²) < 4.78 is 5.27. The zero-order valence-electron chi connectivity index (χ0n) is 10.5. The van der Waals surface area contributed by atoms with Crippen molar-refractivity contribution in [3.63, 3.8) is 0 Å². The number of likely N-dealkylation sites (tertiary alicyclic amines) is 1. The predicted octanol–water partition coefficient (Wildman–Crippen LogP) is 2.35. The van der Waals surface area contributed by atoms with Gasteiger partial charge in [-0.3, -0.25) is 15.1 Å². The number of aromatic nitrogens is 1. The van der Waals surface area contributed by atoms with Gasteiger partial charge in [-0.15, -0.1) is 0 Å². The lowest BCUT2D eigenvalue weighted by Crippen LogP contribution is -2.43. The van der Waals surface area contributed by atoms with Crippen LogP contribution in [0.15, 0.2) is 30.5 Å². The van der Waals surface area contributed by atoms with E-state index in [2.05, 4.69) is 4.98 Å². The third-order valence-corrected chi connectivity index (χ3v) is 3.22. The molecule has 0 saturated carbocycles. The van der Waals surface area contributed by atoms with Crippen molar-refractivity contribution in [2.75, 3.05) is 13.1 Å². The van der Waals surface area contributed by atoms with Crippen molar-refractivity contribution < 1.29 is 14.5 Å². The van der Waals surface area contributed by atoms with E-state index in [1.165, 1.54) is 18.3 Å². The fourth-order valence-corrected chi connectivity index (χ4v) is 2.03. The molecule has 1 fully saturated rings. The molecule has 102 valence electrons. The maximum Gasteiger partial charge on any atom is 0.415 e. The molecular weight excluding hydrogens is 262 g/mol. The molecule has 1 aliphatic rings. The molecule has 0 radical (unpaired) electrons. The molecule has 0 unspecified atom stereocenters. The number of hydrogen-bond donors (Lipinski definition) is 0. The fourth-order valence-electron chi connectivity index (χ4n) is 2.03. The summed E-state index contributed by atoms with van der Waals surface area (Å²) in [5.41, 5.74) is 0.257. The van der Waals surface area contributed by atoms with E-state index in [-0.39, 0.29) is 11.4 Å². The van der Waals surface area contributed by atoms with Gasteiger partial charge >= 0.3 is 6.09 Å². The van der Waals surface area contributed by atoms with Crippen LogP contribution in [0, 0.1) is 10.1 Å². The van der Waals surface area contributed by atoms with Crippen molar-refractivity contribution >= 4 is 22.7 Å². The van der Waals surface area contributed by atoms with Crippen LogP contribution in [0.25, 0.3) is 10.9 Å². The van der Waals surface area contributed by atoms with E-state index in [1.807, 2.05) is 0 Å². The molecule has 20 heavy (non-hydrogen) atoms. The highest BCUT2D eigenvalue weighted by Crippen LogP contribution is 2.31. The highest BCUT2D eigenvalue weighted by molar-refractivity contribution is 5.93. The van der Waals surface area contributed by atoms with Crippen LogP contribution < -0.4 is 4.74 Å². The Morgan fingerprint density at radius 2 is 2.15 bits per heavy atom. The highest BCUT2D eigenvalue weighted by Gasteiger charge is 2.24. The maximum absolute atomic E-state index is 11.8. The Bertz CT molecular complexity index is 697. The van der Waals surface area contributed by atoms with Gasteiger partial charge in [-0.25, -0.2) is 4.79 Å². The first-order chi connectivity index (χ1) is 9.66. The molecule has 1 aliphatic heterocycles. The van der Waals surface area contributed by atoms with Gasteiger partial charge in [0, 0.05) is 25.4 Å². The normalized spacial score (nSPS) is 13.9. The predicted molar refractivity (Wildman–Crippen MR) is 70.6 cm³/mol. The lowest BCUT2D eigenvalue weighted by molar-refractivity contribution is -0.383. The Morgan fingerprint density at radius 3 is 2.80 bits per heavy atom. The van der Waals surface area contributed by atoms with Gasteiger partial charge in [0.05, 0.1) is 10.3 Å². The number of carbonyl (C=O) groups excluding carboxylic acids is 1. The van der Waals surface area contributed by atoms with Gasteiger partial charge in [0.15, 0.2) is 5.75 Å². The molecule has 0 bridgehead atoms. The number of ether oxygens (including phenoxy) is 1. The number of nitrogens with zero attached hydrogens (tertiary/aromatic N) is 3. The van der Waals surface area contributed by atoms with Gasteiger partial charge in [0.2, 0.25) is 0 Å². The fraction of sp³-hybridized carbons (Fsp3) is 0.231. The molecule has 0 spiro atoms. The van der Waals surface area contributed by atoms with Gasteiger partial charge < -0.3 is 9.64 Å². The number of rotatable bonds is 2. The Morgan fingerprint density at radius 1 is 1.35 bits per heavy atom. The quantitative estimate of drug-likeness (QED) is 0.619. The van der Waals surface area contributed by atoms with Crippen LogP contribution in [-0.4, -0.2) is 34.0 Å². The monoisotopic (exact) mass is 273 g/mol. The van der Waals surface area contributed by atoms with E-state index in [9.17, 15) is 14.9 Å². The molecule has 1 saturated heterocycles. The smallest absolute Gasteiger partial charge is 0.408 e. The molecule has 1 amide bonds. The lowest BCUT2D eigenvalue weighted by atomic mass is 10.1. The summed E-state index contributed by atoms with van der Waals surface area (Å²) in [6, 6.07) is 5.92. The number of amides is 1. The van der Waals surface area contributed by atoms with Crippen LogP contribution in [0.4, 0.5) is 10.5 Å². The van der Waals surface area contributed by atoms with Crippen molar-refractivity contribution in [2.45, 2.75) is 6.42 Å². The number of nitro groups is 1. The summed E-state index contributed by atoms with van der Waals surface area (Å²) in [5, 5.41) is 11.3. The second kappa shape index (κ2) is 4.76. The van der Waals surface area contributed by atoms with E-state index >= 15 is 0 Å². The van der Waals surface area contributed by atoms with Crippen LogP contribution in [-0.2, 0) is 0 Å². The standard InChI is InChI=1S/C13H11N3O4/c17-13(15-7-2-8-15)20-11-5-4-10(16(18)19)9-3-1-6-14-12(9)11/h1,3-6H,2,7-8H2. The molecule has 3 rings (SSSR count). The van der Waals surface area contributed by atoms with E-state index in [4.69, 9.17) is 4.74 Å². The molecule has 2 heterocycles. The van der Waals surface area contributed by atoms with Crippen LogP contribution in [0.1, 0.15) is 6.42 Å². The molecule has 0 N–H and O–H groups in total. The molecule has 7 heteroatoms. The van der Waals surface area contributed by atoms with E-state index in [1.54, 1.807) is 17.0 Å². The van der Waals surface area contributed by atoms with Crippen LogP contribution >= 0.6 is 0 Å². The van der Waals surface area contributed by atoms with E-state index in [0.29, 0.717) is 24.0 Å². The first kappa shape index (κ1) is 12.3. The number of hydrogen-bond acceptors (Lipinski definition) is 5. The van der Waals surface area contributed by atoms with Crippen molar-refractivity contribution in [1.82, 2.24) is 9.88 Å². The third-order valence-electron chi connectivity index (χ3n) is 3.22. The van der Waals surface area contributed by atoms with Gasteiger partial charge in [0.1, 0.15) is 5.52 Å². The molecule has 1 aromatic heterocycles. The number of benzene rings is 1. The summed E-state index contributed by atoms with van der Waals surface area (Å²) in [6.07, 6.45) is 2.03. The Labute approximate surface area is 113 Å². The largest absolute Gasteiger partial charge is 0.415 e. The zero-order chi connectivity index (χ0) is 14.1. The molecular formula is C13H11N3O4. The Kier molecular flexibility index (Phi) is 2.94. The molecule has 2 aromatic rings. The summed E-state index contributed by atoms with van der Waals surface area (Å²) in [5.74, 6) is 0.239. The maximum atomic E-state index is 11.8. The summed E-state index contributed by atoms with van der Waals surface area (Å²) in [7, 11) is 0. The van der Waals surface area contributed by atoms with Crippen molar-refractivity contribution in [2.24, 2.45) is 0 Å². The second-order valence-corrected chi connectivity index (χ2v) is 4.45. The minimum absolute atomic E-state index is 0.0585. The SMILES string of the molecule is O=C(Oc1ccc([N+](=O)[O-])c2cccnc12)N1CCC1. The Balaban J connectivity index is 2.01. The van der Waals surface area contributed by atoms with Crippen LogP contribution in [0.3, 0.4) is 0 Å². The third kappa shape index (κ3) is 2.03. The molecule has 0 aliphatic carbocycles. The minimum Gasteiger partial charge on any atom is -0.408 e. The number of pyridine rings is 1. The van der Waals surface area contributed by atoms with Crippen molar-refractivity contribution in [3.05, 3.63) is 40.6 Å². The number of non-ortho nitro benzene ring substituents is 1. The van der Waals surface area contributed by atoms with Crippen molar-refractivity contribution in [3.8, 4) is 5.75 Å². The topological polar surface area (TPSA) is 85.6 Å². The van der Waals surface area contributed by atoms with Crippen molar-refractivity contribution in [1.29, 1.82) is 0 Å². The van der Waals surface area contributed by atoms with Crippen LogP contribution in [0.5, 0.6) is 5.75 Å². The van der Waals surface area contributed by atoms with Gasteiger partial charge in [-0.05, 0) is 24.6 Å². The number of carbonyl (C=O) groups is 1. The summed E-state index contributed by atoms with van der Waals surface area (Å²) in [6.45, 7) is 1.36. The number of nitro benzene ring substituents is 1. The van der Waals surface area contributed by atoms with E-state index in [0.717, 1.165) is 6.42 Å². The van der Waals surface area contributed by atoms with Gasteiger partial charge in [-0.1, -0.05) is 0 Å². The van der Waals surface area contributed by atoms with E-state index < -0.39 is 11.0 Å². The Hall–Kier alpha value is -2.70. The first-order valence-corrected chi connectivity index (χ1v) is 6.16. The summed E-state index contributed by atoms with van der Waals surface area (Å²) >= 11 is 0. The van der Waals surface area contributed by atoms with Crippen LogP contribution in [0.2, 0.25) is 0 Å². The lowest BCUT2D eigenvalue weighted by Gasteiger charge is -2.29. The average molecular weight is 273 g/mol.